The number of carboxylic acid groups (broad SMARTS) is 1. The first-order valence-corrected chi connectivity index (χ1v) is 4.48. The van der Waals surface area contributed by atoms with Crippen LogP contribution in [-0.2, 0) is 0 Å². The normalized spacial score (nSPS) is 10.7. The van der Waals surface area contributed by atoms with Crippen molar-refractivity contribution in [2.24, 2.45) is 0 Å². The largest absolute Gasteiger partial charge is 0.478 e. The van der Waals surface area contributed by atoms with Crippen LogP contribution in [0.15, 0.2) is 27.3 Å². The Hall–Kier alpha value is -1.36. The Labute approximate surface area is 86.3 Å². The van der Waals surface area contributed by atoms with E-state index >= 15 is 0 Å². The maximum absolute atomic E-state index is 13.1. The average Bonchev–Trinajstić information content (AvgIpc) is 2.48. The van der Waals surface area contributed by atoms with Gasteiger partial charge >= 0.3 is 5.97 Å². The second kappa shape index (κ2) is 3.09. The summed E-state index contributed by atoms with van der Waals surface area (Å²) in [5.74, 6) is -1.67. The van der Waals surface area contributed by atoms with Crippen molar-refractivity contribution >= 4 is 32.9 Å². The van der Waals surface area contributed by atoms with Gasteiger partial charge in [-0.3, -0.25) is 0 Å². The van der Waals surface area contributed by atoms with Gasteiger partial charge in [-0.1, -0.05) is 0 Å². The second-order valence-corrected chi connectivity index (χ2v) is 3.58. The molecule has 0 saturated heterocycles. The number of aromatic carboxylic acids is 1. The number of benzene rings is 1. The van der Waals surface area contributed by atoms with Gasteiger partial charge < -0.3 is 9.52 Å². The van der Waals surface area contributed by atoms with Gasteiger partial charge in [0.2, 0.25) is 0 Å². The maximum Gasteiger partial charge on any atom is 0.335 e. The van der Waals surface area contributed by atoms with Crippen LogP contribution in [0, 0.1) is 5.82 Å². The summed E-state index contributed by atoms with van der Waals surface area (Å²) >= 11 is 3.11. The summed E-state index contributed by atoms with van der Waals surface area (Å²) in [6.07, 6.45) is 0.945. The highest BCUT2D eigenvalue weighted by Crippen LogP contribution is 2.28. The molecule has 1 N–H and O–H groups in total. The van der Waals surface area contributed by atoms with E-state index in [2.05, 4.69) is 15.9 Å². The highest BCUT2D eigenvalue weighted by atomic mass is 79.9. The van der Waals surface area contributed by atoms with Crippen LogP contribution in [0.4, 0.5) is 4.39 Å². The Morgan fingerprint density at radius 2 is 2.21 bits per heavy atom. The smallest absolute Gasteiger partial charge is 0.335 e. The summed E-state index contributed by atoms with van der Waals surface area (Å²) < 4.78 is 18.4. The molecule has 5 heteroatoms. The molecule has 0 aliphatic rings. The number of halogens is 2. The number of hydrogen-bond donors (Lipinski definition) is 1. The van der Waals surface area contributed by atoms with Gasteiger partial charge in [-0.2, -0.15) is 0 Å². The molecule has 0 amide bonds. The van der Waals surface area contributed by atoms with E-state index in [0.717, 1.165) is 6.26 Å². The maximum atomic E-state index is 13.1. The number of fused-ring (bicyclic) bond motifs is 1. The molecule has 2 aromatic rings. The third kappa shape index (κ3) is 1.29. The predicted octanol–water partition coefficient (Wildman–Crippen LogP) is 3.03. The van der Waals surface area contributed by atoms with Gasteiger partial charge in [-0.15, -0.1) is 0 Å². The molecule has 0 atom stereocenters. The van der Waals surface area contributed by atoms with Crippen LogP contribution >= 0.6 is 15.9 Å². The summed E-state index contributed by atoms with van der Waals surface area (Å²) in [5, 5.41) is 8.89. The minimum Gasteiger partial charge on any atom is -0.478 e. The molecule has 1 heterocycles. The van der Waals surface area contributed by atoms with Gasteiger partial charge in [0.1, 0.15) is 6.26 Å². The van der Waals surface area contributed by atoms with E-state index in [1.807, 2.05) is 0 Å². The van der Waals surface area contributed by atoms with Crippen molar-refractivity contribution in [2.75, 3.05) is 0 Å². The Morgan fingerprint density at radius 1 is 1.50 bits per heavy atom. The molecule has 0 fully saturated rings. The molecule has 1 aromatic carbocycles. The van der Waals surface area contributed by atoms with E-state index in [1.165, 1.54) is 12.1 Å². The highest BCUT2D eigenvalue weighted by Gasteiger charge is 2.13. The first kappa shape index (κ1) is 9.21. The summed E-state index contributed by atoms with van der Waals surface area (Å²) in [6, 6.07) is 2.61. The molecule has 72 valence electrons. The average molecular weight is 259 g/mol. The lowest BCUT2D eigenvalue weighted by molar-refractivity contribution is 0.0697. The summed E-state index contributed by atoms with van der Waals surface area (Å²) in [4.78, 5) is 10.7. The number of carbonyl (C=O) groups is 1. The molecule has 0 unspecified atom stereocenters. The van der Waals surface area contributed by atoms with Crippen molar-refractivity contribution in [2.45, 2.75) is 0 Å². The molecule has 0 aliphatic carbocycles. The van der Waals surface area contributed by atoms with E-state index < -0.39 is 11.8 Å². The molecule has 0 radical (unpaired) electrons. The van der Waals surface area contributed by atoms with Crippen LogP contribution in [0.5, 0.6) is 0 Å². The van der Waals surface area contributed by atoms with E-state index in [-0.39, 0.29) is 10.9 Å². The van der Waals surface area contributed by atoms with Gasteiger partial charge in [-0.05, 0) is 28.1 Å². The van der Waals surface area contributed by atoms with E-state index in [4.69, 9.17) is 9.52 Å². The lowest BCUT2D eigenvalue weighted by atomic mass is 10.1. The zero-order valence-electron chi connectivity index (χ0n) is 6.75. The molecule has 0 bridgehead atoms. The van der Waals surface area contributed by atoms with Crippen LogP contribution in [0.1, 0.15) is 10.4 Å². The minimum atomic E-state index is -1.10. The Balaban J connectivity index is 2.82. The molecule has 0 saturated carbocycles. The Bertz CT molecular complexity index is 518. The molecule has 2 rings (SSSR count). The van der Waals surface area contributed by atoms with Gasteiger partial charge in [0.15, 0.2) is 11.4 Å². The van der Waals surface area contributed by atoms with Gasteiger partial charge in [0, 0.05) is 0 Å². The first-order chi connectivity index (χ1) is 6.59. The quantitative estimate of drug-likeness (QED) is 0.856. The predicted molar refractivity (Wildman–Crippen MR) is 50.8 cm³/mol. The third-order valence-electron chi connectivity index (χ3n) is 1.83. The third-order valence-corrected chi connectivity index (χ3v) is 2.42. The van der Waals surface area contributed by atoms with Crippen molar-refractivity contribution < 1.29 is 18.7 Å². The molecule has 1 aromatic heterocycles. The van der Waals surface area contributed by atoms with Crippen molar-refractivity contribution in [1.29, 1.82) is 0 Å². The minimum absolute atomic E-state index is 0.0182. The standard InChI is InChI=1S/C9H4BrFO3/c10-6-2-4(9(12)13)1-5-7(11)3-14-8(5)6/h1-3H,(H,12,13). The van der Waals surface area contributed by atoms with E-state index in [9.17, 15) is 9.18 Å². The van der Waals surface area contributed by atoms with Gasteiger partial charge in [0.25, 0.3) is 0 Å². The van der Waals surface area contributed by atoms with Crippen molar-refractivity contribution in [3.63, 3.8) is 0 Å². The fraction of sp³-hybridized carbons (Fsp3) is 0. The molecular formula is C9H4BrFO3. The van der Waals surface area contributed by atoms with Gasteiger partial charge in [-0.25, -0.2) is 9.18 Å². The SMILES string of the molecule is O=C(O)c1cc(Br)c2occ(F)c2c1. The van der Waals surface area contributed by atoms with Crippen LogP contribution < -0.4 is 0 Å². The fourth-order valence-corrected chi connectivity index (χ4v) is 1.74. The molecule has 14 heavy (non-hydrogen) atoms. The molecular weight excluding hydrogens is 255 g/mol. The molecule has 0 aliphatic heterocycles. The zero-order chi connectivity index (χ0) is 10.3. The van der Waals surface area contributed by atoms with Crippen molar-refractivity contribution in [3.05, 3.63) is 34.2 Å². The fourth-order valence-electron chi connectivity index (χ4n) is 1.19. The lowest BCUT2D eigenvalue weighted by Gasteiger charge is -1.96. The first-order valence-electron chi connectivity index (χ1n) is 3.69. The zero-order valence-corrected chi connectivity index (χ0v) is 8.34. The Kier molecular flexibility index (Phi) is 2.03. The Morgan fingerprint density at radius 3 is 2.86 bits per heavy atom. The highest BCUT2D eigenvalue weighted by molar-refractivity contribution is 9.10. The van der Waals surface area contributed by atoms with E-state index in [0.29, 0.717) is 10.1 Å². The van der Waals surface area contributed by atoms with Crippen LogP contribution in [0.3, 0.4) is 0 Å². The molecule has 3 nitrogen and oxygen atoms in total. The number of furan rings is 1. The molecule has 0 spiro atoms. The van der Waals surface area contributed by atoms with Crippen molar-refractivity contribution in [1.82, 2.24) is 0 Å². The van der Waals surface area contributed by atoms with Crippen molar-refractivity contribution in [3.8, 4) is 0 Å². The monoisotopic (exact) mass is 258 g/mol. The summed E-state index contributed by atoms with van der Waals surface area (Å²) in [7, 11) is 0. The summed E-state index contributed by atoms with van der Waals surface area (Å²) in [5.41, 5.74) is 0.331. The topological polar surface area (TPSA) is 50.4 Å². The second-order valence-electron chi connectivity index (χ2n) is 2.72. The number of hydrogen-bond acceptors (Lipinski definition) is 2. The number of rotatable bonds is 1. The van der Waals surface area contributed by atoms with Crippen LogP contribution in [0.2, 0.25) is 0 Å². The number of carboxylic acids is 1. The van der Waals surface area contributed by atoms with Crippen LogP contribution in [0.25, 0.3) is 11.0 Å². The van der Waals surface area contributed by atoms with E-state index in [1.54, 1.807) is 0 Å². The summed E-state index contributed by atoms with van der Waals surface area (Å²) in [6.45, 7) is 0. The lowest BCUT2D eigenvalue weighted by Crippen LogP contribution is -1.95. The van der Waals surface area contributed by atoms with Gasteiger partial charge in [0.05, 0.1) is 15.4 Å². The van der Waals surface area contributed by atoms with Crippen LogP contribution in [-0.4, -0.2) is 11.1 Å².